The Morgan fingerprint density at radius 1 is 1.12 bits per heavy atom. The Hall–Kier alpha value is -2.38. The van der Waals surface area contributed by atoms with Crippen LogP contribution in [-0.4, -0.2) is 14.8 Å². The normalized spacial score (nSPS) is 10.6. The number of halogens is 2. The largest absolute Gasteiger partial charge is 0.397 e. The minimum Gasteiger partial charge on any atom is -0.397 e. The molecular weight excluding hydrogens is 222 g/mol. The third-order valence-corrected chi connectivity index (χ3v) is 1.96. The summed E-state index contributed by atoms with van der Waals surface area (Å²) in [7, 11) is 0. The number of nitrogen functional groups attached to an aromatic ring is 1. The fourth-order valence-electron chi connectivity index (χ4n) is 1.34. The van der Waals surface area contributed by atoms with Gasteiger partial charge in [-0.15, -0.1) is 0 Å². The average Bonchev–Trinajstić information content (AvgIpc) is 2.47. The number of nitrogens with zero attached hydrogens (tertiary/aromatic N) is 1. The van der Waals surface area contributed by atoms with Crippen LogP contribution in [0.15, 0.2) is 21.7 Å². The van der Waals surface area contributed by atoms with Gasteiger partial charge in [0.15, 0.2) is 5.82 Å². The van der Waals surface area contributed by atoms with Crippen LogP contribution in [0.2, 0.25) is 0 Å². The molecule has 0 radical (unpaired) electrons. The first-order valence-electron chi connectivity index (χ1n) is 4.15. The third kappa shape index (κ3) is 1.40. The Morgan fingerprint density at radius 2 is 1.69 bits per heavy atom. The first-order chi connectivity index (χ1) is 7.50. The summed E-state index contributed by atoms with van der Waals surface area (Å²) in [5.41, 5.74) is 2.75. The van der Waals surface area contributed by atoms with Crippen LogP contribution in [0, 0.1) is 11.6 Å². The summed E-state index contributed by atoms with van der Waals surface area (Å²) in [6, 6.07) is 1.35. The van der Waals surface area contributed by atoms with Gasteiger partial charge in [0.2, 0.25) is 0 Å². The van der Waals surface area contributed by atoms with Gasteiger partial charge in [-0.3, -0.25) is 0 Å². The summed E-state index contributed by atoms with van der Waals surface area (Å²) in [5, 5.41) is 3.92. The lowest BCUT2D eigenvalue weighted by molar-refractivity contribution is 0.577. The van der Waals surface area contributed by atoms with Crippen molar-refractivity contribution in [3.05, 3.63) is 44.7 Å². The maximum Gasteiger partial charge on any atom is 0.349 e. The molecule has 2 aromatic rings. The van der Waals surface area contributed by atoms with Crippen LogP contribution in [0.5, 0.6) is 0 Å². The molecule has 0 atom stereocenters. The van der Waals surface area contributed by atoms with E-state index in [9.17, 15) is 18.4 Å². The monoisotopic (exact) mass is 228 g/mol. The molecule has 84 valence electrons. The van der Waals surface area contributed by atoms with Gasteiger partial charge in [0.05, 0.1) is 5.69 Å². The number of benzene rings is 1. The summed E-state index contributed by atoms with van der Waals surface area (Å²) in [6.45, 7) is 0. The van der Waals surface area contributed by atoms with Gasteiger partial charge in [0, 0.05) is 6.07 Å². The van der Waals surface area contributed by atoms with E-state index in [-0.39, 0.29) is 5.69 Å². The summed E-state index contributed by atoms with van der Waals surface area (Å²) in [6.07, 6.45) is 0. The van der Waals surface area contributed by atoms with Gasteiger partial charge in [-0.2, -0.15) is 0 Å². The van der Waals surface area contributed by atoms with Gasteiger partial charge < -0.3 is 5.73 Å². The van der Waals surface area contributed by atoms with Crippen LogP contribution >= 0.6 is 0 Å². The summed E-state index contributed by atoms with van der Waals surface area (Å²) in [5.74, 6) is -1.98. The summed E-state index contributed by atoms with van der Waals surface area (Å²) >= 11 is 0. The molecule has 0 amide bonds. The van der Waals surface area contributed by atoms with Gasteiger partial charge in [-0.25, -0.2) is 33.1 Å². The fraction of sp³-hybridized carbons (Fsp3) is 0. The SMILES string of the molecule is Nc1cc(F)cc(F)c1-n1c(=O)[nH][nH]c1=O. The van der Waals surface area contributed by atoms with Crippen molar-refractivity contribution >= 4 is 5.69 Å². The molecule has 0 spiro atoms. The summed E-state index contributed by atoms with van der Waals surface area (Å²) in [4.78, 5) is 22.4. The molecular formula is C8H6F2N4O2. The number of H-pyrrole nitrogens is 2. The lowest BCUT2D eigenvalue weighted by Crippen LogP contribution is -2.26. The maximum absolute atomic E-state index is 13.4. The fourth-order valence-corrected chi connectivity index (χ4v) is 1.34. The van der Waals surface area contributed by atoms with Crippen LogP contribution in [0.3, 0.4) is 0 Å². The second-order valence-corrected chi connectivity index (χ2v) is 3.02. The van der Waals surface area contributed by atoms with Crippen LogP contribution < -0.4 is 17.1 Å². The van der Waals surface area contributed by atoms with E-state index in [0.29, 0.717) is 10.6 Å². The van der Waals surface area contributed by atoms with E-state index in [0.717, 1.165) is 6.07 Å². The second kappa shape index (κ2) is 3.33. The molecule has 0 aliphatic heterocycles. The average molecular weight is 228 g/mol. The number of hydrogen-bond donors (Lipinski definition) is 3. The molecule has 1 aromatic heterocycles. The van der Waals surface area contributed by atoms with Gasteiger partial charge in [-0.1, -0.05) is 0 Å². The molecule has 0 saturated heterocycles. The van der Waals surface area contributed by atoms with Crippen molar-refractivity contribution < 1.29 is 8.78 Å². The van der Waals surface area contributed by atoms with E-state index in [1.54, 1.807) is 0 Å². The van der Waals surface area contributed by atoms with Crippen molar-refractivity contribution in [1.82, 2.24) is 14.8 Å². The zero-order valence-electron chi connectivity index (χ0n) is 7.75. The molecule has 6 nitrogen and oxygen atoms in total. The maximum atomic E-state index is 13.4. The zero-order chi connectivity index (χ0) is 11.9. The molecule has 16 heavy (non-hydrogen) atoms. The number of anilines is 1. The Bertz CT molecular complexity index is 604. The molecule has 8 heteroatoms. The van der Waals surface area contributed by atoms with Gasteiger partial charge in [-0.05, 0) is 6.07 Å². The van der Waals surface area contributed by atoms with E-state index in [4.69, 9.17) is 5.73 Å². The van der Waals surface area contributed by atoms with E-state index < -0.39 is 28.7 Å². The first-order valence-corrected chi connectivity index (χ1v) is 4.15. The number of aromatic amines is 2. The third-order valence-electron chi connectivity index (χ3n) is 1.96. The van der Waals surface area contributed by atoms with E-state index >= 15 is 0 Å². The zero-order valence-corrected chi connectivity index (χ0v) is 7.75. The molecule has 2 rings (SSSR count). The minimum absolute atomic E-state index is 0.343. The van der Waals surface area contributed by atoms with E-state index in [2.05, 4.69) is 0 Å². The molecule has 0 fully saturated rings. The second-order valence-electron chi connectivity index (χ2n) is 3.02. The highest BCUT2D eigenvalue weighted by Gasteiger charge is 2.15. The summed E-state index contributed by atoms with van der Waals surface area (Å²) < 4.78 is 26.6. The standard InChI is InChI=1S/C8H6F2N4O2/c9-3-1-4(10)6(5(11)2-3)14-7(15)12-13-8(14)16/h1-2H,11H2,(H,12,15)(H,13,16). The van der Waals surface area contributed by atoms with E-state index in [1.165, 1.54) is 0 Å². The molecule has 0 saturated carbocycles. The molecule has 1 heterocycles. The Balaban J connectivity index is 2.85. The van der Waals surface area contributed by atoms with Crippen molar-refractivity contribution in [2.75, 3.05) is 5.73 Å². The van der Waals surface area contributed by atoms with Gasteiger partial charge in [0.25, 0.3) is 0 Å². The molecule has 0 unspecified atom stereocenters. The first kappa shape index (κ1) is 10.1. The lowest BCUT2D eigenvalue weighted by atomic mass is 10.2. The van der Waals surface area contributed by atoms with Crippen LogP contribution in [0.4, 0.5) is 14.5 Å². The lowest BCUT2D eigenvalue weighted by Gasteiger charge is -2.05. The highest BCUT2D eigenvalue weighted by atomic mass is 19.1. The molecule has 0 aliphatic carbocycles. The van der Waals surface area contributed by atoms with Crippen LogP contribution in [0.25, 0.3) is 5.69 Å². The quantitative estimate of drug-likeness (QED) is 0.585. The number of nitrogens with one attached hydrogen (secondary N) is 2. The minimum atomic E-state index is -1.09. The van der Waals surface area contributed by atoms with E-state index in [1.807, 2.05) is 10.2 Å². The van der Waals surface area contributed by atoms with Crippen molar-refractivity contribution in [1.29, 1.82) is 0 Å². The number of aromatic nitrogens is 3. The Morgan fingerprint density at radius 3 is 2.19 bits per heavy atom. The van der Waals surface area contributed by atoms with Gasteiger partial charge >= 0.3 is 11.4 Å². The Kier molecular flexibility index (Phi) is 2.11. The van der Waals surface area contributed by atoms with Crippen LogP contribution in [0.1, 0.15) is 0 Å². The van der Waals surface area contributed by atoms with Crippen LogP contribution in [-0.2, 0) is 0 Å². The predicted octanol–water partition coefficient (Wildman–Crippen LogP) is -0.286. The van der Waals surface area contributed by atoms with Crippen molar-refractivity contribution in [2.24, 2.45) is 0 Å². The Labute approximate surface area is 86.3 Å². The molecule has 0 aliphatic rings. The van der Waals surface area contributed by atoms with Crippen molar-refractivity contribution in [2.45, 2.75) is 0 Å². The highest BCUT2D eigenvalue weighted by Crippen LogP contribution is 2.19. The number of rotatable bonds is 1. The topological polar surface area (TPSA) is 96.7 Å². The van der Waals surface area contributed by atoms with Crippen molar-refractivity contribution in [3.63, 3.8) is 0 Å². The molecule has 4 N–H and O–H groups in total. The highest BCUT2D eigenvalue weighted by molar-refractivity contribution is 5.58. The predicted molar refractivity (Wildman–Crippen MR) is 51.3 cm³/mol. The molecule has 1 aromatic carbocycles. The van der Waals surface area contributed by atoms with Crippen molar-refractivity contribution in [3.8, 4) is 5.69 Å². The smallest absolute Gasteiger partial charge is 0.349 e. The van der Waals surface area contributed by atoms with Gasteiger partial charge in [0.1, 0.15) is 11.5 Å². The number of hydrogen-bond acceptors (Lipinski definition) is 3. The molecule has 0 bridgehead atoms. The number of nitrogens with two attached hydrogens (primary N) is 1.